The zero-order valence-electron chi connectivity index (χ0n) is 10.9. The van der Waals surface area contributed by atoms with Crippen LogP contribution in [0, 0.1) is 0 Å². The lowest BCUT2D eigenvalue weighted by atomic mass is 10.1. The van der Waals surface area contributed by atoms with Crippen LogP contribution in [0.4, 0.5) is 16.2 Å². The van der Waals surface area contributed by atoms with E-state index in [0.29, 0.717) is 5.69 Å². The average Bonchev–Trinajstić information content (AvgIpc) is 2.37. The van der Waals surface area contributed by atoms with Crippen molar-refractivity contribution in [1.82, 2.24) is 5.32 Å². The lowest BCUT2D eigenvalue weighted by molar-refractivity contribution is -0.114. The average molecular weight is 277 g/mol. The molecule has 4 N–H and O–H groups in total. The van der Waals surface area contributed by atoms with Gasteiger partial charge in [-0.1, -0.05) is 6.08 Å². The Morgan fingerprint density at radius 2 is 2.00 bits per heavy atom. The van der Waals surface area contributed by atoms with Crippen LogP contribution in [-0.4, -0.2) is 29.6 Å². The molecule has 0 aromatic heterocycles. The molecule has 0 fully saturated rings. The minimum atomic E-state index is -1.21. The van der Waals surface area contributed by atoms with Gasteiger partial charge in [0.2, 0.25) is 5.91 Å². The smallest absolute Gasteiger partial charge is 0.337 e. The van der Waals surface area contributed by atoms with Crippen molar-refractivity contribution in [1.29, 1.82) is 0 Å². The summed E-state index contributed by atoms with van der Waals surface area (Å²) in [5, 5.41) is 16.5. The second-order valence-electron chi connectivity index (χ2n) is 3.87. The number of amides is 3. The molecular weight excluding hydrogens is 262 g/mol. The molecule has 106 valence electrons. The molecule has 0 bridgehead atoms. The van der Waals surface area contributed by atoms with Crippen molar-refractivity contribution in [3.05, 3.63) is 36.4 Å². The van der Waals surface area contributed by atoms with Gasteiger partial charge < -0.3 is 21.1 Å². The number of urea groups is 1. The van der Waals surface area contributed by atoms with Gasteiger partial charge in [0.15, 0.2) is 0 Å². The standard InChI is InChI=1S/C13H15N3O4/c1-3-6-14-13(20)16-11-5-4-9(15-8(2)17)7-10(11)12(18)19/h3-5,7H,1,6H2,2H3,(H,15,17)(H,18,19)(H2,14,16,20). The molecule has 0 aliphatic carbocycles. The van der Waals surface area contributed by atoms with Gasteiger partial charge in [-0.05, 0) is 18.2 Å². The summed E-state index contributed by atoms with van der Waals surface area (Å²) in [6, 6.07) is 3.63. The fraction of sp³-hybridized carbons (Fsp3) is 0.154. The molecule has 1 rings (SSSR count). The van der Waals surface area contributed by atoms with E-state index >= 15 is 0 Å². The lowest BCUT2D eigenvalue weighted by Gasteiger charge is -2.11. The van der Waals surface area contributed by atoms with Crippen LogP contribution in [-0.2, 0) is 4.79 Å². The third kappa shape index (κ3) is 4.45. The third-order valence-electron chi connectivity index (χ3n) is 2.23. The van der Waals surface area contributed by atoms with E-state index in [0.717, 1.165) is 0 Å². The summed E-state index contributed by atoms with van der Waals surface area (Å²) in [6.45, 7) is 5.02. The molecule has 0 saturated heterocycles. The van der Waals surface area contributed by atoms with Crippen molar-refractivity contribution in [2.45, 2.75) is 6.92 Å². The highest BCUT2D eigenvalue weighted by molar-refractivity contribution is 6.01. The van der Waals surface area contributed by atoms with Gasteiger partial charge in [0.05, 0.1) is 11.3 Å². The highest BCUT2D eigenvalue weighted by Gasteiger charge is 2.13. The number of nitrogens with one attached hydrogen (secondary N) is 3. The minimum absolute atomic E-state index is 0.120. The fourth-order valence-electron chi connectivity index (χ4n) is 1.44. The van der Waals surface area contributed by atoms with Gasteiger partial charge in [0.25, 0.3) is 0 Å². The molecule has 0 spiro atoms. The van der Waals surface area contributed by atoms with Crippen LogP contribution in [0.1, 0.15) is 17.3 Å². The maximum Gasteiger partial charge on any atom is 0.337 e. The van der Waals surface area contributed by atoms with Crippen molar-refractivity contribution < 1.29 is 19.5 Å². The van der Waals surface area contributed by atoms with Crippen molar-refractivity contribution >= 4 is 29.3 Å². The number of carboxylic acids is 1. The van der Waals surface area contributed by atoms with E-state index in [2.05, 4.69) is 22.5 Å². The predicted molar refractivity (Wildman–Crippen MR) is 74.9 cm³/mol. The number of hydrogen-bond donors (Lipinski definition) is 4. The van der Waals surface area contributed by atoms with Crippen molar-refractivity contribution in [2.24, 2.45) is 0 Å². The number of aromatic carboxylic acids is 1. The SMILES string of the molecule is C=CCNC(=O)Nc1ccc(NC(C)=O)cc1C(=O)O. The van der Waals surface area contributed by atoms with Crippen LogP contribution in [0.2, 0.25) is 0 Å². The Bertz CT molecular complexity index is 555. The summed E-state index contributed by atoms with van der Waals surface area (Å²) in [4.78, 5) is 33.6. The van der Waals surface area contributed by atoms with E-state index in [9.17, 15) is 14.4 Å². The second kappa shape index (κ2) is 6.93. The summed E-state index contributed by atoms with van der Waals surface area (Å²) >= 11 is 0. The van der Waals surface area contributed by atoms with E-state index in [1.165, 1.54) is 31.2 Å². The van der Waals surface area contributed by atoms with Crippen LogP contribution in [0.3, 0.4) is 0 Å². The Hall–Kier alpha value is -2.83. The summed E-state index contributed by atoms with van der Waals surface area (Å²) in [7, 11) is 0. The van der Waals surface area contributed by atoms with Crippen LogP contribution in [0.15, 0.2) is 30.9 Å². The first-order valence-electron chi connectivity index (χ1n) is 5.74. The maximum absolute atomic E-state index is 11.5. The number of rotatable bonds is 5. The first-order chi connectivity index (χ1) is 9.43. The Morgan fingerprint density at radius 3 is 2.55 bits per heavy atom. The minimum Gasteiger partial charge on any atom is -0.478 e. The number of carbonyl (C=O) groups is 3. The Balaban J connectivity index is 2.95. The largest absolute Gasteiger partial charge is 0.478 e. The van der Waals surface area contributed by atoms with E-state index in [-0.39, 0.29) is 23.7 Å². The number of hydrogen-bond acceptors (Lipinski definition) is 3. The van der Waals surface area contributed by atoms with Crippen LogP contribution in [0.25, 0.3) is 0 Å². The van der Waals surface area contributed by atoms with E-state index in [1.54, 1.807) is 0 Å². The fourth-order valence-corrected chi connectivity index (χ4v) is 1.44. The van der Waals surface area contributed by atoms with E-state index < -0.39 is 12.0 Å². The molecule has 1 aromatic carbocycles. The second-order valence-corrected chi connectivity index (χ2v) is 3.87. The molecule has 0 aliphatic heterocycles. The van der Waals surface area contributed by atoms with Gasteiger partial charge in [-0.3, -0.25) is 4.79 Å². The molecule has 3 amide bonds. The number of benzene rings is 1. The quantitative estimate of drug-likeness (QED) is 0.614. The first kappa shape index (κ1) is 15.2. The number of anilines is 2. The summed E-state index contributed by atoms with van der Waals surface area (Å²) < 4.78 is 0. The molecule has 20 heavy (non-hydrogen) atoms. The van der Waals surface area contributed by atoms with Gasteiger partial charge in [-0.15, -0.1) is 6.58 Å². The van der Waals surface area contributed by atoms with Gasteiger partial charge in [-0.2, -0.15) is 0 Å². The van der Waals surface area contributed by atoms with Crippen molar-refractivity contribution in [3.63, 3.8) is 0 Å². The molecule has 0 heterocycles. The van der Waals surface area contributed by atoms with Gasteiger partial charge in [-0.25, -0.2) is 9.59 Å². The van der Waals surface area contributed by atoms with E-state index in [1.807, 2.05) is 0 Å². The van der Waals surface area contributed by atoms with Crippen LogP contribution in [0.5, 0.6) is 0 Å². The predicted octanol–water partition coefficient (Wildman–Crippen LogP) is 1.65. The molecule has 0 aliphatic rings. The Labute approximate surface area is 115 Å². The third-order valence-corrected chi connectivity index (χ3v) is 2.23. The zero-order valence-corrected chi connectivity index (χ0v) is 10.9. The molecule has 0 atom stereocenters. The highest BCUT2D eigenvalue weighted by atomic mass is 16.4. The normalized spacial score (nSPS) is 9.45. The summed E-state index contributed by atoms with van der Waals surface area (Å²) in [5.74, 6) is -1.53. The topological polar surface area (TPSA) is 108 Å². The first-order valence-corrected chi connectivity index (χ1v) is 5.74. The lowest BCUT2D eigenvalue weighted by Crippen LogP contribution is -2.29. The number of carboxylic acid groups (broad SMARTS) is 1. The van der Waals surface area contributed by atoms with Crippen LogP contribution >= 0.6 is 0 Å². The van der Waals surface area contributed by atoms with E-state index in [4.69, 9.17) is 5.11 Å². The Morgan fingerprint density at radius 1 is 1.30 bits per heavy atom. The molecule has 7 heteroatoms. The molecular formula is C13H15N3O4. The van der Waals surface area contributed by atoms with Gasteiger partial charge >= 0.3 is 12.0 Å². The zero-order chi connectivity index (χ0) is 15.1. The highest BCUT2D eigenvalue weighted by Crippen LogP contribution is 2.20. The molecule has 0 unspecified atom stereocenters. The Kier molecular flexibility index (Phi) is 5.28. The molecule has 7 nitrogen and oxygen atoms in total. The summed E-state index contributed by atoms with van der Waals surface area (Å²) in [6.07, 6.45) is 1.50. The monoisotopic (exact) mass is 277 g/mol. The van der Waals surface area contributed by atoms with Crippen LogP contribution < -0.4 is 16.0 Å². The maximum atomic E-state index is 11.5. The molecule has 0 radical (unpaired) electrons. The molecule has 1 aromatic rings. The van der Waals surface area contributed by atoms with Crippen molar-refractivity contribution in [3.8, 4) is 0 Å². The van der Waals surface area contributed by atoms with Gasteiger partial charge in [0.1, 0.15) is 0 Å². The van der Waals surface area contributed by atoms with Crippen molar-refractivity contribution in [2.75, 3.05) is 17.2 Å². The summed E-state index contributed by atoms with van der Waals surface area (Å²) in [5.41, 5.74) is 0.352. The molecule has 0 saturated carbocycles. The number of carbonyl (C=O) groups excluding carboxylic acids is 2. The van der Waals surface area contributed by atoms with Gasteiger partial charge in [0, 0.05) is 19.2 Å².